The number of carbonyl (C=O) groups excluding carboxylic acids is 1. The molecule has 3 aromatic rings. The molecular formula is C26H31ClN4O4. The topological polar surface area (TPSA) is 102 Å². The van der Waals surface area contributed by atoms with Gasteiger partial charge in [-0.25, -0.2) is 4.79 Å². The molecule has 2 heterocycles. The highest BCUT2D eigenvalue weighted by molar-refractivity contribution is 6.30. The van der Waals surface area contributed by atoms with Crippen LogP contribution in [0.25, 0.3) is 22.0 Å². The summed E-state index contributed by atoms with van der Waals surface area (Å²) in [6.07, 6.45) is -1.01. The lowest BCUT2D eigenvalue weighted by Crippen LogP contribution is -2.42. The van der Waals surface area contributed by atoms with E-state index in [9.17, 15) is 10.0 Å². The van der Waals surface area contributed by atoms with Gasteiger partial charge in [0.05, 0.1) is 23.9 Å². The Labute approximate surface area is 209 Å². The van der Waals surface area contributed by atoms with Gasteiger partial charge in [0, 0.05) is 34.8 Å². The molecule has 1 atom stereocenters. The van der Waals surface area contributed by atoms with Crippen LogP contribution in [0.1, 0.15) is 43.7 Å². The van der Waals surface area contributed by atoms with Crippen LogP contribution in [0.15, 0.2) is 35.5 Å². The highest BCUT2D eigenvalue weighted by Gasteiger charge is 2.37. The molecule has 0 radical (unpaired) electrons. The summed E-state index contributed by atoms with van der Waals surface area (Å²) in [4.78, 5) is 15.0. The smallest absolute Gasteiger partial charge is 0.339 e. The van der Waals surface area contributed by atoms with Crippen LogP contribution in [0.2, 0.25) is 5.02 Å². The predicted molar refractivity (Wildman–Crippen MR) is 138 cm³/mol. The monoisotopic (exact) mass is 498 g/mol. The molecule has 1 aliphatic rings. The minimum Gasteiger partial charge on any atom is -0.467 e. The van der Waals surface area contributed by atoms with E-state index in [4.69, 9.17) is 26.8 Å². The number of halogens is 1. The minimum absolute atomic E-state index is 0.0175. The van der Waals surface area contributed by atoms with Gasteiger partial charge in [-0.2, -0.15) is 0 Å². The molecule has 4 rings (SSSR count). The first kappa shape index (κ1) is 24.9. The number of nitrogens with two attached hydrogens (primary N) is 1. The largest absolute Gasteiger partial charge is 0.467 e. The number of benzene rings is 2. The number of esters is 1. The van der Waals surface area contributed by atoms with Gasteiger partial charge in [-0.05, 0) is 69.5 Å². The van der Waals surface area contributed by atoms with Crippen molar-refractivity contribution in [3.63, 3.8) is 0 Å². The Morgan fingerprint density at radius 3 is 2.43 bits per heavy atom. The lowest BCUT2D eigenvalue weighted by Gasteiger charge is -2.35. The van der Waals surface area contributed by atoms with E-state index in [-0.39, 0.29) is 5.96 Å². The second-order valence-corrected chi connectivity index (χ2v) is 10.1. The third-order valence-electron chi connectivity index (χ3n) is 6.30. The summed E-state index contributed by atoms with van der Waals surface area (Å²) in [5.41, 5.74) is 11.5. The molecule has 3 N–H and O–H groups in total. The molecule has 0 unspecified atom stereocenters. The summed E-state index contributed by atoms with van der Waals surface area (Å²) in [7, 11) is 1.35. The highest BCUT2D eigenvalue weighted by Crippen LogP contribution is 2.48. The third kappa shape index (κ3) is 4.32. The Morgan fingerprint density at radius 1 is 1.20 bits per heavy atom. The van der Waals surface area contributed by atoms with Gasteiger partial charge < -0.3 is 29.9 Å². The number of nitrogens with zero attached hydrogens (tertiary/aromatic N) is 3. The highest BCUT2D eigenvalue weighted by atomic mass is 35.5. The number of aryl methyl sites for hydroxylation is 1. The third-order valence-corrected chi connectivity index (χ3v) is 6.56. The van der Waals surface area contributed by atoms with Gasteiger partial charge >= 0.3 is 5.97 Å². The van der Waals surface area contributed by atoms with E-state index in [1.165, 1.54) is 7.11 Å². The second kappa shape index (κ2) is 9.09. The molecule has 0 amide bonds. The average Bonchev–Trinajstić information content (AvgIpc) is 3.15. The number of carbonyl (C=O) groups is 1. The van der Waals surface area contributed by atoms with Crippen LogP contribution >= 0.6 is 11.6 Å². The van der Waals surface area contributed by atoms with Crippen LogP contribution in [0.3, 0.4) is 0 Å². The van der Waals surface area contributed by atoms with Crippen LogP contribution in [0.5, 0.6) is 0 Å². The molecule has 0 saturated heterocycles. The van der Waals surface area contributed by atoms with E-state index in [0.29, 0.717) is 23.7 Å². The van der Waals surface area contributed by atoms with Gasteiger partial charge in [0.2, 0.25) is 5.96 Å². The SMILES string of the molecule is COC(=O)[C@@H](OC(C)(C)C)c1c(C)c2c3c(cc(C)n3CCN2/C(N)=N/O)c1-c1ccc(Cl)cc1. The van der Waals surface area contributed by atoms with Crippen molar-refractivity contribution >= 4 is 40.1 Å². The second-order valence-electron chi connectivity index (χ2n) is 9.71. The lowest BCUT2D eigenvalue weighted by atomic mass is 9.87. The van der Waals surface area contributed by atoms with Gasteiger partial charge in [-0.15, -0.1) is 0 Å². The van der Waals surface area contributed by atoms with Crippen LogP contribution in [-0.4, -0.2) is 41.0 Å². The number of aromatic nitrogens is 1. The van der Waals surface area contributed by atoms with Gasteiger partial charge in [0.25, 0.3) is 0 Å². The van der Waals surface area contributed by atoms with Crippen molar-refractivity contribution in [1.82, 2.24) is 4.57 Å². The van der Waals surface area contributed by atoms with Crippen LogP contribution < -0.4 is 10.6 Å². The maximum Gasteiger partial charge on any atom is 0.339 e. The number of methoxy groups -OCH3 is 1. The van der Waals surface area contributed by atoms with Gasteiger partial charge in [0.15, 0.2) is 6.10 Å². The molecular weight excluding hydrogens is 468 g/mol. The molecule has 0 bridgehead atoms. The van der Waals surface area contributed by atoms with Gasteiger partial charge in [-0.3, -0.25) is 0 Å². The zero-order valence-corrected chi connectivity index (χ0v) is 21.6. The number of rotatable bonds is 4. The number of hydrogen-bond acceptors (Lipinski definition) is 5. The minimum atomic E-state index is -1.01. The quantitative estimate of drug-likeness (QED) is 0.170. The Morgan fingerprint density at radius 2 is 1.86 bits per heavy atom. The van der Waals surface area contributed by atoms with E-state index in [0.717, 1.165) is 39.0 Å². The van der Waals surface area contributed by atoms with Gasteiger partial charge in [0.1, 0.15) is 0 Å². The molecule has 0 aliphatic carbocycles. The van der Waals surface area contributed by atoms with E-state index in [2.05, 4.69) is 15.8 Å². The molecule has 1 aromatic heterocycles. The summed E-state index contributed by atoms with van der Waals surface area (Å²) >= 11 is 6.21. The normalized spacial score (nSPS) is 14.9. The first-order chi connectivity index (χ1) is 16.5. The molecule has 8 nitrogen and oxygen atoms in total. The fourth-order valence-electron chi connectivity index (χ4n) is 4.91. The molecule has 0 fully saturated rings. The van der Waals surface area contributed by atoms with Crippen molar-refractivity contribution < 1.29 is 19.5 Å². The molecule has 1 aliphatic heterocycles. The van der Waals surface area contributed by atoms with E-state index >= 15 is 0 Å². The van der Waals surface area contributed by atoms with Crippen molar-refractivity contribution in [3.8, 4) is 11.1 Å². The fraction of sp³-hybridized carbons (Fsp3) is 0.385. The Balaban J connectivity index is 2.19. The zero-order valence-electron chi connectivity index (χ0n) is 20.8. The summed E-state index contributed by atoms with van der Waals surface area (Å²) in [6, 6.07) is 9.63. The first-order valence-electron chi connectivity index (χ1n) is 11.4. The van der Waals surface area contributed by atoms with Gasteiger partial charge in [-0.1, -0.05) is 28.9 Å². The van der Waals surface area contributed by atoms with Crippen molar-refractivity contribution in [2.24, 2.45) is 10.9 Å². The number of ether oxygens (including phenoxy) is 2. The molecule has 0 saturated carbocycles. The van der Waals surface area contributed by atoms with E-state index in [1.807, 2.05) is 58.9 Å². The summed E-state index contributed by atoms with van der Waals surface area (Å²) in [5, 5.41) is 14.3. The summed E-state index contributed by atoms with van der Waals surface area (Å²) < 4.78 is 13.8. The molecule has 0 spiro atoms. The van der Waals surface area contributed by atoms with Crippen molar-refractivity contribution in [2.75, 3.05) is 18.6 Å². The number of anilines is 1. The number of guanidine groups is 1. The molecule has 2 aromatic carbocycles. The Hall–Kier alpha value is -3.23. The van der Waals surface area contributed by atoms with Crippen molar-refractivity contribution in [1.29, 1.82) is 0 Å². The fourth-order valence-corrected chi connectivity index (χ4v) is 5.04. The predicted octanol–water partition coefficient (Wildman–Crippen LogP) is 5.13. The molecule has 186 valence electrons. The summed E-state index contributed by atoms with van der Waals surface area (Å²) in [6.45, 7) is 10.8. The Kier molecular flexibility index (Phi) is 6.46. The number of hydrogen-bond donors (Lipinski definition) is 2. The van der Waals surface area contributed by atoms with Crippen molar-refractivity contribution in [2.45, 2.75) is 52.9 Å². The van der Waals surface area contributed by atoms with Crippen molar-refractivity contribution in [3.05, 3.63) is 52.2 Å². The van der Waals surface area contributed by atoms with E-state index in [1.54, 1.807) is 4.90 Å². The zero-order chi connectivity index (χ0) is 25.7. The molecule has 9 heteroatoms. The Bertz CT molecular complexity index is 1320. The first-order valence-corrected chi connectivity index (χ1v) is 11.8. The summed E-state index contributed by atoms with van der Waals surface area (Å²) in [5.74, 6) is -0.525. The maximum absolute atomic E-state index is 13.2. The average molecular weight is 499 g/mol. The van der Waals surface area contributed by atoms with E-state index < -0.39 is 17.7 Å². The van der Waals surface area contributed by atoms with Crippen LogP contribution in [0, 0.1) is 13.8 Å². The lowest BCUT2D eigenvalue weighted by molar-refractivity contribution is -0.164. The maximum atomic E-state index is 13.2. The standard InChI is InChI=1S/C26H31ClN4O4/c1-14-13-18-20(16-7-9-17(27)10-8-16)19(23(24(32)34-6)35-26(3,4)5)15(2)21-22(18)30(14)11-12-31(21)25(28)29-33/h7-10,13,23,33H,11-12H2,1-6H3,(H2,28,29)/t23-/m0/s1. The molecule has 35 heavy (non-hydrogen) atoms. The van der Waals surface area contributed by atoms with Crippen LogP contribution in [-0.2, 0) is 20.8 Å². The van der Waals surface area contributed by atoms with Crippen LogP contribution in [0.4, 0.5) is 5.69 Å². The number of oxime groups is 1.